The summed E-state index contributed by atoms with van der Waals surface area (Å²) in [6.45, 7) is 4.99. The second-order valence-electron chi connectivity index (χ2n) is 8.26. The Hall–Kier alpha value is -2.86. The van der Waals surface area contributed by atoms with Gasteiger partial charge in [0.2, 0.25) is 5.91 Å². The first kappa shape index (κ1) is 22.3. The van der Waals surface area contributed by atoms with Crippen LogP contribution in [-0.2, 0) is 28.9 Å². The lowest BCUT2D eigenvalue weighted by atomic mass is 10.2. The van der Waals surface area contributed by atoms with Crippen molar-refractivity contribution in [3.05, 3.63) is 59.9 Å². The maximum absolute atomic E-state index is 12.2. The van der Waals surface area contributed by atoms with Gasteiger partial charge >= 0.3 is 0 Å². The quantitative estimate of drug-likeness (QED) is 0.456. The fourth-order valence-corrected chi connectivity index (χ4v) is 4.14. The number of para-hydroxylation sites is 2. The molecule has 6 heteroatoms. The summed E-state index contributed by atoms with van der Waals surface area (Å²) in [7, 11) is 0. The van der Waals surface area contributed by atoms with Gasteiger partial charge in [0, 0.05) is 26.1 Å². The smallest absolute Gasteiger partial charge is 0.249 e. The topological polar surface area (TPSA) is 65.4 Å². The molecule has 1 aromatic heterocycles. The predicted molar refractivity (Wildman–Crippen MR) is 126 cm³/mol. The fraction of sp³-hybridized carbons (Fsp3) is 0.462. The molecule has 1 saturated heterocycles. The zero-order valence-electron chi connectivity index (χ0n) is 18.9. The molecule has 1 amide bonds. The number of amides is 1. The van der Waals surface area contributed by atoms with Crippen LogP contribution in [0.2, 0.25) is 0 Å². The Morgan fingerprint density at radius 1 is 1.19 bits per heavy atom. The summed E-state index contributed by atoms with van der Waals surface area (Å²) in [5.41, 5.74) is 3.47. The highest BCUT2D eigenvalue weighted by atomic mass is 16.5. The summed E-state index contributed by atoms with van der Waals surface area (Å²) >= 11 is 0. The van der Waals surface area contributed by atoms with Crippen LogP contribution < -0.4 is 10.1 Å². The van der Waals surface area contributed by atoms with Crippen molar-refractivity contribution in [2.75, 3.05) is 19.8 Å². The average molecular weight is 436 g/mol. The van der Waals surface area contributed by atoms with Gasteiger partial charge in [-0.25, -0.2) is 4.98 Å². The van der Waals surface area contributed by atoms with Crippen LogP contribution in [0.3, 0.4) is 0 Å². The molecule has 1 N–H and O–H groups in total. The molecule has 32 heavy (non-hydrogen) atoms. The molecule has 170 valence electrons. The number of ether oxygens (including phenoxy) is 2. The Balaban J connectivity index is 1.29. The number of nitrogens with one attached hydrogen (secondary N) is 1. The van der Waals surface area contributed by atoms with Crippen LogP contribution in [-0.4, -0.2) is 41.3 Å². The Morgan fingerprint density at radius 2 is 2.03 bits per heavy atom. The van der Waals surface area contributed by atoms with Crippen molar-refractivity contribution in [2.24, 2.45) is 0 Å². The molecule has 1 unspecified atom stereocenters. The lowest BCUT2D eigenvalue weighted by Gasteiger charge is -2.12. The molecule has 4 rings (SSSR count). The van der Waals surface area contributed by atoms with Gasteiger partial charge < -0.3 is 19.4 Å². The zero-order valence-corrected chi connectivity index (χ0v) is 18.9. The number of fused-ring (bicyclic) bond motifs is 1. The predicted octanol–water partition coefficient (Wildman–Crippen LogP) is 4.30. The second-order valence-corrected chi connectivity index (χ2v) is 8.26. The molecule has 0 saturated carbocycles. The van der Waals surface area contributed by atoms with Gasteiger partial charge in [0.1, 0.15) is 17.7 Å². The molecule has 1 fully saturated rings. The van der Waals surface area contributed by atoms with Crippen molar-refractivity contribution >= 4 is 16.9 Å². The third kappa shape index (κ3) is 5.68. The Labute approximate surface area is 189 Å². The average Bonchev–Trinajstić information content (AvgIpc) is 3.48. The number of hydrogen-bond donors (Lipinski definition) is 1. The van der Waals surface area contributed by atoms with E-state index in [-0.39, 0.29) is 12.0 Å². The van der Waals surface area contributed by atoms with E-state index in [1.165, 1.54) is 5.56 Å². The molecule has 2 aromatic carbocycles. The Morgan fingerprint density at radius 3 is 2.81 bits per heavy atom. The molecule has 2 heterocycles. The minimum atomic E-state index is -0.285. The number of aryl methyl sites for hydroxylation is 2. The van der Waals surface area contributed by atoms with Crippen molar-refractivity contribution in [3.63, 3.8) is 0 Å². The molecule has 1 atom stereocenters. The number of benzene rings is 2. The fourth-order valence-electron chi connectivity index (χ4n) is 4.14. The minimum absolute atomic E-state index is 0.00530. The van der Waals surface area contributed by atoms with Crippen LogP contribution in [0.4, 0.5) is 0 Å². The number of unbranched alkanes of at least 4 members (excludes halogenated alkanes) is 1. The highest BCUT2D eigenvalue weighted by molar-refractivity contribution is 5.81. The minimum Gasteiger partial charge on any atom is -0.494 e. The van der Waals surface area contributed by atoms with Crippen LogP contribution in [0.25, 0.3) is 11.0 Å². The van der Waals surface area contributed by atoms with Gasteiger partial charge in [0.25, 0.3) is 0 Å². The monoisotopic (exact) mass is 435 g/mol. The summed E-state index contributed by atoms with van der Waals surface area (Å²) in [5.74, 6) is 1.93. The first-order valence-electron chi connectivity index (χ1n) is 11.8. The molecular weight excluding hydrogens is 402 g/mol. The summed E-state index contributed by atoms with van der Waals surface area (Å²) in [4.78, 5) is 17.0. The van der Waals surface area contributed by atoms with E-state index in [9.17, 15) is 4.79 Å². The highest BCUT2D eigenvalue weighted by Gasteiger charge is 2.23. The molecular formula is C26H33N3O3. The highest BCUT2D eigenvalue weighted by Crippen LogP contribution is 2.18. The van der Waals surface area contributed by atoms with Crippen molar-refractivity contribution in [3.8, 4) is 5.75 Å². The largest absolute Gasteiger partial charge is 0.494 e. The number of nitrogens with zero attached hydrogens (tertiary/aromatic N) is 2. The van der Waals surface area contributed by atoms with E-state index in [2.05, 4.69) is 35.0 Å². The molecule has 0 radical (unpaired) electrons. The van der Waals surface area contributed by atoms with Gasteiger partial charge in [-0.05, 0) is 61.9 Å². The van der Waals surface area contributed by atoms with Gasteiger partial charge in [0.05, 0.1) is 17.6 Å². The second kappa shape index (κ2) is 11.1. The van der Waals surface area contributed by atoms with Gasteiger partial charge in [-0.1, -0.05) is 31.2 Å². The van der Waals surface area contributed by atoms with Crippen LogP contribution in [0.5, 0.6) is 5.75 Å². The number of hydrogen-bond acceptors (Lipinski definition) is 4. The number of rotatable bonds is 11. The van der Waals surface area contributed by atoms with E-state index >= 15 is 0 Å². The lowest BCUT2D eigenvalue weighted by molar-refractivity contribution is -0.130. The molecule has 0 aliphatic carbocycles. The molecule has 0 bridgehead atoms. The lowest BCUT2D eigenvalue weighted by Crippen LogP contribution is -2.35. The van der Waals surface area contributed by atoms with Gasteiger partial charge in [-0.2, -0.15) is 0 Å². The zero-order chi connectivity index (χ0) is 22.2. The third-order valence-corrected chi connectivity index (χ3v) is 5.98. The van der Waals surface area contributed by atoms with Crippen molar-refractivity contribution < 1.29 is 14.3 Å². The molecule has 1 aliphatic heterocycles. The standard InChI is InChI=1S/C26H33N3O3/c1-2-20-11-13-21(14-12-20)31-18-6-5-17-29-23-9-4-3-8-22(23)28-25(29)15-16-27-26(30)24-10-7-19-32-24/h3-4,8-9,11-14,24H,2,5-7,10,15-19H2,1H3,(H,27,30). The van der Waals surface area contributed by atoms with E-state index in [4.69, 9.17) is 14.5 Å². The first-order chi connectivity index (χ1) is 15.7. The summed E-state index contributed by atoms with van der Waals surface area (Å²) < 4.78 is 13.6. The normalized spacial score (nSPS) is 15.8. The van der Waals surface area contributed by atoms with E-state index in [1.807, 2.05) is 30.3 Å². The van der Waals surface area contributed by atoms with Crippen LogP contribution in [0.1, 0.15) is 44.0 Å². The summed E-state index contributed by atoms with van der Waals surface area (Å²) in [6.07, 6.45) is 5.20. The first-order valence-corrected chi connectivity index (χ1v) is 11.8. The number of carbonyl (C=O) groups is 1. The maximum atomic E-state index is 12.2. The number of aromatic nitrogens is 2. The van der Waals surface area contributed by atoms with E-state index in [0.29, 0.717) is 26.2 Å². The van der Waals surface area contributed by atoms with E-state index in [1.54, 1.807) is 0 Å². The van der Waals surface area contributed by atoms with Crippen LogP contribution in [0.15, 0.2) is 48.5 Å². The third-order valence-electron chi connectivity index (χ3n) is 5.98. The molecule has 3 aromatic rings. The van der Waals surface area contributed by atoms with Crippen molar-refractivity contribution in [1.82, 2.24) is 14.9 Å². The van der Waals surface area contributed by atoms with Crippen molar-refractivity contribution in [2.45, 2.75) is 58.1 Å². The van der Waals surface area contributed by atoms with Crippen LogP contribution in [0, 0.1) is 0 Å². The van der Waals surface area contributed by atoms with Crippen molar-refractivity contribution in [1.29, 1.82) is 0 Å². The SMILES string of the molecule is CCc1ccc(OCCCCn2c(CCNC(=O)C3CCCO3)nc3ccccc32)cc1. The van der Waals surface area contributed by atoms with Gasteiger partial charge in [-0.3, -0.25) is 4.79 Å². The Bertz CT molecular complexity index is 1010. The molecule has 1 aliphatic rings. The summed E-state index contributed by atoms with van der Waals surface area (Å²) in [5, 5.41) is 3.01. The van der Waals surface area contributed by atoms with E-state index in [0.717, 1.165) is 61.3 Å². The van der Waals surface area contributed by atoms with Gasteiger partial charge in [0.15, 0.2) is 0 Å². The molecule has 0 spiro atoms. The Kier molecular flexibility index (Phi) is 7.77. The van der Waals surface area contributed by atoms with Crippen LogP contribution >= 0.6 is 0 Å². The maximum Gasteiger partial charge on any atom is 0.249 e. The van der Waals surface area contributed by atoms with E-state index < -0.39 is 0 Å². The number of imidazole rings is 1. The number of carbonyl (C=O) groups excluding carboxylic acids is 1. The molecule has 6 nitrogen and oxygen atoms in total. The summed E-state index contributed by atoms with van der Waals surface area (Å²) in [6, 6.07) is 16.6. The van der Waals surface area contributed by atoms with Gasteiger partial charge in [-0.15, -0.1) is 0 Å².